The van der Waals surface area contributed by atoms with E-state index in [-0.39, 0.29) is 27.8 Å². The molecule has 0 saturated heterocycles. The largest absolute Gasteiger partial charge is 0.543 e. The number of carbonyl (C=O) groups is 1. The molecule has 0 aromatic heterocycles. The molecule has 0 amide bonds. The van der Waals surface area contributed by atoms with E-state index in [9.17, 15) is 26.4 Å². The third-order valence-corrected chi connectivity index (χ3v) is 24.5. The average molecular weight is 1050 g/mol. The molecule has 5 rings (SSSR count). The third kappa shape index (κ3) is 13.9. The molecule has 0 radical (unpaired) electrons. The highest BCUT2D eigenvalue weighted by atomic mass is 32.2. The summed E-state index contributed by atoms with van der Waals surface area (Å²) < 4.78 is 89.7. The molecule has 5 aromatic rings. The van der Waals surface area contributed by atoms with Crippen molar-refractivity contribution >= 4 is 73.1 Å². The lowest BCUT2D eigenvalue weighted by Gasteiger charge is -2.37. The number of hydrogen-bond acceptors (Lipinski definition) is 7. The van der Waals surface area contributed by atoms with E-state index in [0.29, 0.717) is 12.0 Å². The number of halogens is 3. The molecule has 0 spiro atoms. The van der Waals surface area contributed by atoms with E-state index < -0.39 is 52.1 Å². The van der Waals surface area contributed by atoms with E-state index in [4.69, 9.17) is 13.6 Å². The predicted octanol–water partition coefficient (Wildman–Crippen LogP) is 16.7. The van der Waals surface area contributed by atoms with Gasteiger partial charge in [-0.15, -0.1) is 5.54 Å². The molecule has 14 heteroatoms. The number of carbonyl (C=O) groups excluding carboxylic acids is 1. The van der Waals surface area contributed by atoms with Crippen molar-refractivity contribution in [2.45, 2.75) is 175 Å². The Hall–Kier alpha value is -4.74. The van der Waals surface area contributed by atoms with E-state index in [0.717, 1.165) is 105 Å². The van der Waals surface area contributed by atoms with Crippen LogP contribution in [0.25, 0.3) is 32.3 Å². The summed E-state index contributed by atoms with van der Waals surface area (Å²) in [6, 6.07) is 15.6. The fraction of sp³-hybridized carbons (Fsp3) is 0.491. The van der Waals surface area contributed by atoms with Crippen molar-refractivity contribution in [2.75, 3.05) is 6.61 Å². The van der Waals surface area contributed by atoms with Crippen LogP contribution >= 0.6 is 0 Å². The van der Waals surface area contributed by atoms with Gasteiger partial charge in [-0.25, -0.2) is 4.79 Å². The first-order valence-corrected chi connectivity index (χ1v) is 35.6. The first-order chi connectivity index (χ1) is 32.7. The van der Waals surface area contributed by atoms with Gasteiger partial charge in [-0.2, -0.15) is 21.6 Å². The van der Waals surface area contributed by atoms with Crippen molar-refractivity contribution in [3.63, 3.8) is 0 Å². The Bertz CT molecular complexity index is 3040. The maximum absolute atomic E-state index is 13.6. The zero-order valence-corrected chi connectivity index (χ0v) is 48.8. The summed E-state index contributed by atoms with van der Waals surface area (Å²) in [5.74, 6) is 9.90. The van der Waals surface area contributed by atoms with Gasteiger partial charge in [-0.1, -0.05) is 131 Å². The first-order valence-electron chi connectivity index (χ1n) is 24.9. The van der Waals surface area contributed by atoms with Crippen molar-refractivity contribution in [3.05, 3.63) is 88.0 Å². The summed E-state index contributed by atoms with van der Waals surface area (Å²) in [5, 5.41) is 5.37. The fourth-order valence-corrected chi connectivity index (χ4v) is 10.8. The highest BCUT2D eigenvalue weighted by Gasteiger charge is 2.49. The van der Waals surface area contributed by atoms with Crippen molar-refractivity contribution in [3.8, 4) is 40.6 Å². The summed E-state index contributed by atoms with van der Waals surface area (Å²) >= 11 is 0. The van der Waals surface area contributed by atoms with Gasteiger partial charge in [-0.05, 0) is 155 Å². The standard InChI is InChI=1S/C57H75F3O7SSi3/c1-17-18-19-20-21-22-23-24-32-64-54(61)45-34-41(35-46(38-45)65-68(62,63)57(58,59)60)25-26-42-36-44-37-43(31-33-69(10,11)12)48-28-30-50(67-71(15,16)56(7,8)9)40(3)52(48)53(44)51-39(2)49(29-27-47(42)51)66-70(13,14)55(4,5)6/h27-30,34-38H,17-24,32H2,1-16H3. The van der Waals surface area contributed by atoms with Crippen molar-refractivity contribution < 1.29 is 44.2 Å². The SMILES string of the molecule is CCCCCCCCCCOC(=O)c1cc(C#Cc2cc3cc(C#C[Si](C)(C)C)c4ccc(O[Si](C)(C)C(C)(C)C)c(C)c4c3c3c(C)c(O[Si](C)(C)C(C)(C)C)ccc23)cc(OS(=O)(=O)C(F)(F)F)c1. The molecular formula is C57H75F3O7SSi3. The number of benzene rings is 5. The summed E-state index contributed by atoms with van der Waals surface area (Å²) in [6.45, 7) is 35.2. The molecule has 0 unspecified atom stereocenters. The minimum Gasteiger partial charge on any atom is -0.543 e. The quantitative estimate of drug-likeness (QED) is 0.0185. The molecule has 0 atom stereocenters. The number of alkyl halides is 3. The number of esters is 1. The van der Waals surface area contributed by atoms with Crippen LogP contribution in [0.4, 0.5) is 13.2 Å². The van der Waals surface area contributed by atoms with Gasteiger partial charge in [0.2, 0.25) is 16.6 Å². The normalized spacial score (nSPS) is 12.9. The molecule has 0 bridgehead atoms. The molecule has 0 aliphatic rings. The third-order valence-electron chi connectivity index (χ3n) is 13.9. The number of fused-ring (bicyclic) bond motifs is 5. The first kappa shape index (κ1) is 57.2. The molecular weight excluding hydrogens is 970 g/mol. The van der Waals surface area contributed by atoms with E-state index in [2.05, 4.69) is 154 Å². The van der Waals surface area contributed by atoms with Gasteiger partial charge >= 0.3 is 21.6 Å². The van der Waals surface area contributed by atoms with Crippen molar-refractivity contribution in [1.82, 2.24) is 0 Å². The van der Waals surface area contributed by atoms with Crippen LogP contribution in [-0.4, -0.2) is 51.2 Å². The van der Waals surface area contributed by atoms with Crippen LogP contribution in [0.2, 0.25) is 55.9 Å². The Balaban J connectivity index is 1.80. The molecule has 0 saturated carbocycles. The Morgan fingerprint density at radius 1 is 0.620 bits per heavy atom. The lowest BCUT2D eigenvalue weighted by Crippen LogP contribution is -2.44. The molecule has 71 heavy (non-hydrogen) atoms. The summed E-state index contributed by atoms with van der Waals surface area (Å²) in [6.07, 6.45) is 8.21. The number of unbranched alkanes of at least 4 members (excludes halogenated alkanes) is 7. The van der Waals surface area contributed by atoms with Gasteiger partial charge < -0.3 is 17.8 Å². The Morgan fingerprint density at radius 3 is 1.56 bits per heavy atom. The number of ether oxygens (including phenoxy) is 1. The van der Waals surface area contributed by atoms with Crippen LogP contribution in [0.1, 0.15) is 138 Å². The van der Waals surface area contributed by atoms with Gasteiger partial charge in [0.25, 0.3) is 0 Å². The van der Waals surface area contributed by atoms with Gasteiger partial charge in [0.05, 0.1) is 12.2 Å². The molecule has 0 aliphatic carbocycles. The highest BCUT2D eigenvalue weighted by molar-refractivity contribution is 7.88. The van der Waals surface area contributed by atoms with Crippen molar-refractivity contribution in [1.29, 1.82) is 0 Å². The minimum absolute atomic E-state index is 0.0465. The second-order valence-electron chi connectivity index (χ2n) is 23.0. The second-order valence-corrected chi connectivity index (χ2v) is 38.7. The molecule has 0 fully saturated rings. The van der Waals surface area contributed by atoms with E-state index in [1.165, 1.54) is 18.9 Å². The van der Waals surface area contributed by atoms with Crippen molar-refractivity contribution in [2.24, 2.45) is 0 Å². The lowest BCUT2D eigenvalue weighted by molar-refractivity contribution is -0.0500. The molecule has 0 heterocycles. The van der Waals surface area contributed by atoms with E-state index in [1.54, 1.807) is 0 Å². The number of hydrogen-bond donors (Lipinski definition) is 0. The second kappa shape index (κ2) is 21.8. The summed E-state index contributed by atoms with van der Waals surface area (Å²) in [4.78, 5) is 13.5. The summed E-state index contributed by atoms with van der Waals surface area (Å²) in [5.41, 5.74) is 1.05. The zero-order chi connectivity index (χ0) is 53.1. The monoisotopic (exact) mass is 1040 g/mol. The van der Waals surface area contributed by atoms with Gasteiger partial charge in [0.15, 0.2) is 0 Å². The van der Waals surface area contributed by atoms with Crippen LogP contribution in [0, 0.1) is 37.2 Å². The molecule has 0 aliphatic heterocycles. The van der Waals surface area contributed by atoms with Gasteiger partial charge in [0, 0.05) is 16.7 Å². The smallest absolute Gasteiger partial charge is 0.534 e. The predicted molar refractivity (Wildman–Crippen MR) is 295 cm³/mol. The topological polar surface area (TPSA) is 88.1 Å². The van der Waals surface area contributed by atoms with E-state index >= 15 is 0 Å². The average Bonchev–Trinajstić information content (AvgIpc) is 3.24. The van der Waals surface area contributed by atoms with Gasteiger partial charge in [-0.3, -0.25) is 0 Å². The molecule has 384 valence electrons. The van der Waals surface area contributed by atoms with Crippen LogP contribution < -0.4 is 13.0 Å². The van der Waals surface area contributed by atoms with Crippen LogP contribution in [0.15, 0.2) is 54.6 Å². The number of rotatable bonds is 16. The molecule has 7 nitrogen and oxygen atoms in total. The maximum atomic E-state index is 13.6. The lowest BCUT2D eigenvalue weighted by atomic mass is 9.87. The number of aryl methyl sites for hydroxylation is 2. The van der Waals surface area contributed by atoms with Gasteiger partial charge in [0.1, 0.15) is 25.3 Å². The Kier molecular flexibility index (Phi) is 17.5. The van der Waals surface area contributed by atoms with Crippen LogP contribution in [0.5, 0.6) is 17.2 Å². The highest BCUT2D eigenvalue weighted by Crippen LogP contribution is 2.46. The van der Waals surface area contributed by atoms with Crippen LogP contribution in [-0.2, 0) is 14.9 Å². The van der Waals surface area contributed by atoms with Crippen LogP contribution in [0.3, 0.4) is 0 Å². The maximum Gasteiger partial charge on any atom is 0.534 e. The Morgan fingerprint density at radius 2 is 1.10 bits per heavy atom. The molecule has 0 N–H and O–H groups in total. The molecule has 5 aromatic carbocycles. The Labute approximate surface area is 425 Å². The van der Waals surface area contributed by atoms with E-state index in [1.807, 2.05) is 18.2 Å². The summed E-state index contributed by atoms with van der Waals surface area (Å²) in [7, 11) is -12.6. The fourth-order valence-electron chi connectivity index (χ4n) is 7.72. The zero-order valence-electron chi connectivity index (χ0n) is 45.0. The minimum atomic E-state index is -6.08.